The molecular formula is C41H35NO7S. The lowest BCUT2D eigenvalue weighted by Crippen LogP contribution is -2.38. The van der Waals surface area contributed by atoms with Crippen molar-refractivity contribution in [3.05, 3.63) is 160 Å². The lowest BCUT2D eigenvalue weighted by molar-refractivity contribution is -0.268. The van der Waals surface area contributed by atoms with Gasteiger partial charge in [-0.2, -0.15) is 0 Å². The van der Waals surface area contributed by atoms with Crippen molar-refractivity contribution in [1.29, 1.82) is 0 Å². The van der Waals surface area contributed by atoms with Crippen LogP contribution in [0.5, 0.6) is 0 Å². The van der Waals surface area contributed by atoms with Gasteiger partial charge in [0.1, 0.15) is 0 Å². The summed E-state index contributed by atoms with van der Waals surface area (Å²) < 4.78 is 13.3. The van der Waals surface area contributed by atoms with Gasteiger partial charge in [-0.25, -0.2) is 4.79 Å². The number of hydrogen-bond acceptors (Lipinski definition) is 7. The molecule has 2 amide bonds. The normalized spacial score (nSPS) is 20.2. The van der Waals surface area contributed by atoms with E-state index in [-0.39, 0.29) is 48.7 Å². The van der Waals surface area contributed by atoms with Crippen LogP contribution in [0.1, 0.15) is 72.6 Å². The van der Waals surface area contributed by atoms with Crippen molar-refractivity contribution in [3.8, 4) is 11.1 Å². The summed E-state index contributed by atoms with van der Waals surface area (Å²) in [5.74, 6) is -0.927. The van der Waals surface area contributed by atoms with Gasteiger partial charge in [0.15, 0.2) is 6.29 Å². The number of aliphatic hydroxyl groups is 1. The van der Waals surface area contributed by atoms with Crippen LogP contribution in [0.15, 0.2) is 126 Å². The average molecular weight is 686 g/mol. The number of aromatic carboxylic acids is 1. The Morgan fingerprint density at radius 2 is 1.40 bits per heavy atom. The maximum absolute atomic E-state index is 13.0. The minimum absolute atomic E-state index is 0.0148. The van der Waals surface area contributed by atoms with E-state index in [0.29, 0.717) is 16.9 Å². The highest BCUT2D eigenvalue weighted by Gasteiger charge is 2.39. The molecule has 50 heavy (non-hydrogen) atoms. The van der Waals surface area contributed by atoms with Gasteiger partial charge < -0.3 is 19.7 Å². The van der Waals surface area contributed by atoms with Gasteiger partial charge in [0.25, 0.3) is 11.8 Å². The second-order valence-electron chi connectivity index (χ2n) is 12.5. The van der Waals surface area contributed by atoms with E-state index in [2.05, 4.69) is 6.92 Å². The summed E-state index contributed by atoms with van der Waals surface area (Å²) in [6, 6.07) is 37.3. The van der Waals surface area contributed by atoms with Crippen LogP contribution in [0, 0.1) is 5.92 Å². The molecule has 0 bridgehead atoms. The number of fused-ring (bicyclic) bond motifs is 1. The molecule has 4 atom stereocenters. The Labute approximate surface area is 294 Å². The van der Waals surface area contributed by atoms with Gasteiger partial charge in [-0.15, -0.1) is 11.8 Å². The second kappa shape index (κ2) is 14.4. The van der Waals surface area contributed by atoms with E-state index in [0.717, 1.165) is 38.3 Å². The zero-order valence-corrected chi connectivity index (χ0v) is 28.1. The fourth-order valence-corrected chi connectivity index (χ4v) is 7.53. The molecule has 2 N–H and O–H groups in total. The van der Waals surface area contributed by atoms with Crippen molar-refractivity contribution in [2.24, 2.45) is 5.92 Å². The molecule has 0 aromatic heterocycles. The van der Waals surface area contributed by atoms with Crippen molar-refractivity contribution >= 4 is 29.5 Å². The molecule has 2 heterocycles. The summed E-state index contributed by atoms with van der Waals surface area (Å²) in [5, 5.41) is 18.9. The topological polar surface area (TPSA) is 113 Å². The van der Waals surface area contributed by atoms with Crippen molar-refractivity contribution in [3.63, 3.8) is 0 Å². The smallest absolute Gasteiger partial charge is 0.335 e. The van der Waals surface area contributed by atoms with E-state index in [1.54, 1.807) is 48.2 Å². The first kappa shape index (κ1) is 33.4. The van der Waals surface area contributed by atoms with Crippen molar-refractivity contribution in [2.75, 3.05) is 5.75 Å². The zero-order chi connectivity index (χ0) is 34.8. The maximum Gasteiger partial charge on any atom is 0.335 e. The van der Waals surface area contributed by atoms with Crippen LogP contribution in [-0.2, 0) is 22.6 Å². The van der Waals surface area contributed by atoms with E-state index >= 15 is 0 Å². The molecular weight excluding hydrogens is 651 g/mol. The van der Waals surface area contributed by atoms with Crippen molar-refractivity contribution in [2.45, 2.75) is 43.5 Å². The summed E-state index contributed by atoms with van der Waals surface area (Å²) in [7, 11) is 0. The second-order valence-corrected chi connectivity index (χ2v) is 13.6. The summed E-state index contributed by atoms with van der Waals surface area (Å²) in [6.07, 6.45) is -1.16. The molecule has 7 rings (SSSR count). The summed E-state index contributed by atoms with van der Waals surface area (Å²) in [6.45, 7) is 2.23. The van der Waals surface area contributed by atoms with Crippen LogP contribution in [0.4, 0.5) is 0 Å². The number of carbonyl (C=O) groups excluding carboxylic acids is 2. The molecule has 0 unspecified atom stereocenters. The lowest BCUT2D eigenvalue weighted by atomic mass is 9.91. The quantitative estimate of drug-likeness (QED) is 0.113. The third-order valence-corrected chi connectivity index (χ3v) is 10.4. The molecule has 0 aliphatic carbocycles. The minimum Gasteiger partial charge on any atom is -0.478 e. The number of carboxylic acid groups (broad SMARTS) is 1. The molecule has 0 saturated carbocycles. The number of nitrogens with zero attached hydrogens (tertiary/aromatic N) is 1. The highest BCUT2D eigenvalue weighted by Crippen LogP contribution is 2.43. The first-order valence-electron chi connectivity index (χ1n) is 16.4. The van der Waals surface area contributed by atoms with Gasteiger partial charge in [0, 0.05) is 22.1 Å². The molecule has 252 valence electrons. The Bertz CT molecular complexity index is 2010. The zero-order valence-electron chi connectivity index (χ0n) is 27.3. The predicted octanol–water partition coefficient (Wildman–Crippen LogP) is 7.92. The third-order valence-electron chi connectivity index (χ3n) is 9.28. The molecule has 9 heteroatoms. The van der Waals surface area contributed by atoms with Crippen LogP contribution < -0.4 is 0 Å². The summed E-state index contributed by atoms with van der Waals surface area (Å²) in [4.78, 5) is 39.6. The monoisotopic (exact) mass is 685 g/mol. The standard InChI is InChI=1S/C41H35NO7S/c1-25-36(24-50-33-18-16-29(17-19-33)40(46)47)48-41(49-37(25)28-14-12-26(23-43)13-15-28)32-9-5-8-31(21-32)30-7-4-6-27(20-30)22-42-38(44)34-10-2-3-11-35(34)39(42)45/h2-21,25,36-37,41,43H,22-24H2,1H3,(H,46,47)/t25-,36+,37+,41+/m0/s1. The number of carbonyl (C=O) groups is 3. The fraction of sp³-hybridized carbons (Fsp3) is 0.195. The average Bonchev–Trinajstić information content (AvgIpc) is 3.39. The van der Waals surface area contributed by atoms with Gasteiger partial charge in [0.05, 0.1) is 42.0 Å². The minimum atomic E-state index is -0.961. The van der Waals surface area contributed by atoms with Crippen LogP contribution in [0.25, 0.3) is 11.1 Å². The van der Waals surface area contributed by atoms with Gasteiger partial charge >= 0.3 is 5.97 Å². The van der Waals surface area contributed by atoms with Gasteiger partial charge in [-0.1, -0.05) is 79.7 Å². The van der Waals surface area contributed by atoms with Crippen LogP contribution in [0.2, 0.25) is 0 Å². The van der Waals surface area contributed by atoms with E-state index < -0.39 is 12.3 Å². The number of ether oxygens (including phenoxy) is 2. The molecule has 1 fully saturated rings. The number of hydrogen-bond donors (Lipinski definition) is 2. The van der Waals surface area contributed by atoms with Gasteiger partial charge in [-0.05, 0) is 76.3 Å². The van der Waals surface area contributed by atoms with Crippen LogP contribution >= 0.6 is 11.8 Å². The van der Waals surface area contributed by atoms with E-state index in [1.165, 1.54) is 4.90 Å². The van der Waals surface area contributed by atoms with Gasteiger partial charge in [-0.3, -0.25) is 14.5 Å². The summed E-state index contributed by atoms with van der Waals surface area (Å²) in [5.41, 5.74) is 6.45. The number of benzene rings is 5. The number of amides is 2. The van der Waals surface area contributed by atoms with Crippen LogP contribution in [-0.4, -0.2) is 44.8 Å². The van der Waals surface area contributed by atoms with E-state index in [9.17, 15) is 24.6 Å². The number of imide groups is 1. The van der Waals surface area contributed by atoms with Crippen molar-refractivity contribution < 1.29 is 34.1 Å². The van der Waals surface area contributed by atoms with Gasteiger partial charge in [0.2, 0.25) is 0 Å². The molecule has 2 aliphatic rings. The SMILES string of the molecule is C[C@H]1[C@@H](CSc2ccc(C(=O)O)cc2)O[C@@H](c2cccc(-c3cccc(CN4C(=O)c5ccccc5C4=O)c3)c2)O[C@H]1c1ccc(CO)cc1. The molecule has 2 aliphatic heterocycles. The Morgan fingerprint density at radius 1 is 0.740 bits per heavy atom. The van der Waals surface area contributed by atoms with Crippen LogP contribution in [0.3, 0.4) is 0 Å². The molecule has 0 spiro atoms. The number of rotatable bonds is 10. The van der Waals surface area contributed by atoms with E-state index in [4.69, 9.17) is 9.47 Å². The third kappa shape index (κ3) is 6.86. The summed E-state index contributed by atoms with van der Waals surface area (Å²) >= 11 is 1.60. The highest BCUT2D eigenvalue weighted by molar-refractivity contribution is 7.99. The first-order valence-corrected chi connectivity index (χ1v) is 17.4. The Hall–Kier alpha value is -5.06. The lowest BCUT2D eigenvalue weighted by Gasteiger charge is -2.41. The Balaban J connectivity index is 1.13. The molecule has 1 saturated heterocycles. The predicted molar refractivity (Wildman–Crippen MR) is 190 cm³/mol. The molecule has 0 radical (unpaired) electrons. The van der Waals surface area contributed by atoms with E-state index in [1.807, 2.05) is 84.9 Å². The van der Waals surface area contributed by atoms with Crippen molar-refractivity contribution in [1.82, 2.24) is 4.90 Å². The number of aliphatic hydroxyl groups excluding tert-OH is 1. The highest BCUT2D eigenvalue weighted by atomic mass is 32.2. The Morgan fingerprint density at radius 3 is 2.06 bits per heavy atom. The number of carboxylic acids is 1. The fourth-order valence-electron chi connectivity index (χ4n) is 6.46. The molecule has 8 nitrogen and oxygen atoms in total. The molecule has 5 aromatic rings. The Kier molecular flexibility index (Phi) is 9.65. The molecule has 5 aromatic carbocycles. The number of thioether (sulfide) groups is 1. The largest absolute Gasteiger partial charge is 0.478 e. The first-order chi connectivity index (χ1) is 24.3. The maximum atomic E-state index is 13.0.